The molecule has 8 heteroatoms. The molecule has 1 saturated heterocycles. The number of nitrogens with one attached hydrogen (secondary N) is 1. The minimum Gasteiger partial charge on any atom is -0.381 e. The number of alkyl halides is 1. The summed E-state index contributed by atoms with van der Waals surface area (Å²) in [6.07, 6.45) is -0.971. The van der Waals surface area contributed by atoms with Crippen LogP contribution in [0.1, 0.15) is 6.42 Å². The van der Waals surface area contributed by atoms with Crippen LogP contribution in [0.25, 0.3) is 11.1 Å². The highest BCUT2D eigenvalue weighted by molar-refractivity contribution is 6.17. The molecular weight excluding hydrogens is 416 g/mol. The molecule has 2 amide bonds. The second-order valence-corrected chi connectivity index (χ2v) is 7.91. The van der Waals surface area contributed by atoms with E-state index in [2.05, 4.69) is 40.5 Å². The van der Waals surface area contributed by atoms with Crippen LogP contribution in [-0.2, 0) is 9.59 Å². The van der Waals surface area contributed by atoms with E-state index in [4.69, 9.17) is 17.3 Å². The molecule has 2 aromatic carbocycles. The number of nitrogens with zero attached hydrogens (tertiary/aromatic N) is 2. The van der Waals surface area contributed by atoms with Crippen LogP contribution in [0.2, 0.25) is 0 Å². The van der Waals surface area contributed by atoms with Crippen molar-refractivity contribution in [2.45, 2.75) is 18.6 Å². The fourth-order valence-corrected chi connectivity index (χ4v) is 3.71. The van der Waals surface area contributed by atoms with Crippen molar-refractivity contribution < 1.29 is 14.7 Å². The number of hydrogen-bond acceptors (Lipinski definition) is 5. The van der Waals surface area contributed by atoms with Crippen LogP contribution >= 0.6 is 11.6 Å². The number of carbonyl (C=O) groups excluding carboxylic acids is 2. The van der Waals surface area contributed by atoms with E-state index < -0.39 is 24.0 Å². The molecular formula is C23H29ClN4O3. The van der Waals surface area contributed by atoms with Gasteiger partial charge in [-0.25, -0.2) is 0 Å². The summed E-state index contributed by atoms with van der Waals surface area (Å²) in [5.74, 6) is -0.657. The first-order valence-electron chi connectivity index (χ1n) is 10.5. The molecule has 1 fully saturated rings. The first-order chi connectivity index (χ1) is 15.0. The molecule has 0 spiro atoms. The summed E-state index contributed by atoms with van der Waals surface area (Å²) in [6, 6.07) is 17.2. The van der Waals surface area contributed by atoms with E-state index in [1.54, 1.807) is 4.90 Å². The maximum absolute atomic E-state index is 12.6. The van der Waals surface area contributed by atoms with Crippen LogP contribution < -0.4 is 16.0 Å². The topological polar surface area (TPSA) is 98.9 Å². The largest absolute Gasteiger partial charge is 0.381 e. The molecule has 0 bridgehead atoms. The Bertz CT molecular complexity index is 872. The van der Waals surface area contributed by atoms with Crippen LogP contribution in [0.15, 0.2) is 54.6 Å². The van der Waals surface area contributed by atoms with E-state index in [1.807, 2.05) is 24.3 Å². The maximum Gasteiger partial charge on any atom is 0.253 e. The molecule has 2 unspecified atom stereocenters. The third-order valence-corrected chi connectivity index (χ3v) is 5.68. The minimum atomic E-state index is -1.57. The number of rotatable bonds is 8. The van der Waals surface area contributed by atoms with Crippen LogP contribution in [0, 0.1) is 0 Å². The van der Waals surface area contributed by atoms with Gasteiger partial charge in [-0.3, -0.25) is 9.59 Å². The number of carbonyl (C=O) groups is 2. The number of hydrogen-bond donors (Lipinski definition) is 3. The molecule has 0 saturated carbocycles. The Morgan fingerprint density at radius 2 is 1.71 bits per heavy atom. The summed E-state index contributed by atoms with van der Waals surface area (Å²) >= 11 is 5.58. The normalized spacial score (nSPS) is 16.0. The Hall–Kier alpha value is -2.61. The van der Waals surface area contributed by atoms with Crippen molar-refractivity contribution in [1.29, 1.82) is 0 Å². The van der Waals surface area contributed by atoms with Gasteiger partial charge in [0.25, 0.3) is 5.91 Å². The van der Waals surface area contributed by atoms with E-state index in [1.165, 1.54) is 0 Å². The zero-order chi connectivity index (χ0) is 22.2. The quantitative estimate of drug-likeness (QED) is 0.422. The van der Waals surface area contributed by atoms with Crippen molar-refractivity contribution in [2.75, 3.05) is 43.5 Å². The van der Waals surface area contributed by atoms with E-state index in [9.17, 15) is 14.7 Å². The van der Waals surface area contributed by atoms with Crippen LogP contribution in [0.5, 0.6) is 0 Å². The number of aliphatic hydroxyl groups excluding tert-OH is 1. The van der Waals surface area contributed by atoms with Gasteiger partial charge in [0.2, 0.25) is 5.91 Å². The van der Waals surface area contributed by atoms with Crippen molar-refractivity contribution >= 4 is 29.1 Å². The molecule has 3 rings (SSSR count). The van der Waals surface area contributed by atoms with Gasteiger partial charge in [0, 0.05) is 44.3 Å². The molecule has 31 heavy (non-hydrogen) atoms. The lowest BCUT2D eigenvalue weighted by Crippen LogP contribution is -2.58. The Labute approximate surface area is 187 Å². The Balaban J connectivity index is 1.55. The van der Waals surface area contributed by atoms with E-state index in [0.29, 0.717) is 45.0 Å². The zero-order valence-electron chi connectivity index (χ0n) is 17.4. The van der Waals surface area contributed by atoms with E-state index >= 15 is 0 Å². The monoisotopic (exact) mass is 444 g/mol. The standard InChI is InChI=1S/C23H29ClN4O3/c24-10-5-11-26-22(30)20(25)21(29)23(31)28-14-12-27(13-15-28)19-9-4-8-18(16-19)17-6-2-1-3-7-17/h1-4,6-9,16,20-21,29H,5,10-15,25H2,(H,26,30). The van der Waals surface area contributed by atoms with Gasteiger partial charge in [-0.05, 0) is 29.7 Å². The number of aliphatic hydroxyl groups is 1. The molecule has 2 atom stereocenters. The molecule has 0 radical (unpaired) electrons. The lowest BCUT2D eigenvalue weighted by Gasteiger charge is -2.37. The molecule has 7 nitrogen and oxygen atoms in total. The third kappa shape index (κ3) is 5.97. The second kappa shape index (κ2) is 11.1. The van der Waals surface area contributed by atoms with Crippen molar-refractivity contribution in [3.8, 4) is 11.1 Å². The van der Waals surface area contributed by atoms with Gasteiger partial charge in [0.15, 0.2) is 6.10 Å². The van der Waals surface area contributed by atoms with Crippen LogP contribution in [-0.4, -0.2) is 72.6 Å². The van der Waals surface area contributed by atoms with Crippen molar-refractivity contribution in [3.63, 3.8) is 0 Å². The fraction of sp³-hybridized carbons (Fsp3) is 0.391. The maximum atomic E-state index is 12.6. The molecule has 1 aliphatic heterocycles. The van der Waals surface area contributed by atoms with Crippen molar-refractivity contribution in [2.24, 2.45) is 5.73 Å². The number of nitrogens with two attached hydrogens (primary N) is 1. The number of halogens is 1. The number of anilines is 1. The van der Waals surface area contributed by atoms with Crippen molar-refractivity contribution in [3.05, 3.63) is 54.6 Å². The van der Waals surface area contributed by atoms with Gasteiger partial charge in [-0.1, -0.05) is 42.5 Å². The summed E-state index contributed by atoms with van der Waals surface area (Å²) in [4.78, 5) is 28.4. The predicted octanol–water partition coefficient (Wildman–Crippen LogP) is 1.44. The van der Waals surface area contributed by atoms with Gasteiger partial charge in [-0.15, -0.1) is 11.6 Å². The molecule has 1 aliphatic rings. The summed E-state index contributed by atoms with van der Waals surface area (Å²) < 4.78 is 0. The highest BCUT2D eigenvalue weighted by Crippen LogP contribution is 2.25. The average molecular weight is 445 g/mol. The summed E-state index contributed by atoms with van der Waals surface area (Å²) in [6.45, 7) is 2.53. The van der Waals surface area contributed by atoms with Gasteiger partial charge in [0.1, 0.15) is 6.04 Å². The highest BCUT2D eigenvalue weighted by Gasteiger charge is 2.33. The highest BCUT2D eigenvalue weighted by atomic mass is 35.5. The van der Waals surface area contributed by atoms with Crippen LogP contribution in [0.4, 0.5) is 5.69 Å². The average Bonchev–Trinajstić information content (AvgIpc) is 2.83. The van der Waals surface area contributed by atoms with Gasteiger partial charge < -0.3 is 26.0 Å². The molecule has 166 valence electrons. The summed E-state index contributed by atoms with van der Waals surface area (Å²) in [5, 5.41) is 12.9. The number of benzene rings is 2. The second-order valence-electron chi connectivity index (χ2n) is 7.53. The van der Waals surface area contributed by atoms with E-state index in [0.717, 1.165) is 16.8 Å². The lowest BCUT2D eigenvalue weighted by atomic mass is 10.0. The van der Waals surface area contributed by atoms with E-state index in [-0.39, 0.29) is 0 Å². The lowest BCUT2D eigenvalue weighted by molar-refractivity contribution is -0.144. The number of piperazine rings is 1. The molecule has 0 aromatic heterocycles. The molecule has 4 N–H and O–H groups in total. The molecule has 2 aromatic rings. The Morgan fingerprint density at radius 3 is 2.39 bits per heavy atom. The Morgan fingerprint density at radius 1 is 1.03 bits per heavy atom. The van der Waals surface area contributed by atoms with Gasteiger partial charge >= 0.3 is 0 Å². The van der Waals surface area contributed by atoms with Crippen molar-refractivity contribution in [1.82, 2.24) is 10.2 Å². The predicted molar refractivity (Wildman–Crippen MR) is 123 cm³/mol. The zero-order valence-corrected chi connectivity index (χ0v) is 18.2. The number of amides is 2. The SMILES string of the molecule is NC(C(=O)NCCCCl)C(O)C(=O)N1CCN(c2cccc(-c3ccccc3)c2)CC1. The van der Waals surface area contributed by atoms with Crippen LogP contribution in [0.3, 0.4) is 0 Å². The molecule has 1 heterocycles. The minimum absolute atomic E-state index is 0.359. The van der Waals surface area contributed by atoms with Gasteiger partial charge in [0.05, 0.1) is 0 Å². The fourth-order valence-electron chi connectivity index (χ4n) is 3.58. The summed E-state index contributed by atoms with van der Waals surface area (Å²) in [7, 11) is 0. The first kappa shape index (κ1) is 23.1. The smallest absolute Gasteiger partial charge is 0.253 e. The van der Waals surface area contributed by atoms with Gasteiger partial charge in [-0.2, -0.15) is 0 Å². The summed E-state index contributed by atoms with van der Waals surface area (Å²) in [5.41, 5.74) is 9.16. The first-order valence-corrected chi connectivity index (χ1v) is 11.0. The third-order valence-electron chi connectivity index (χ3n) is 5.42. The Kier molecular flexibility index (Phi) is 8.28. The molecule has 0 aliphatic carbocycles.